The van der Waals surface area contributed by atoms with E-state index in [4.69, 9.17) is 0 Å². The molecular weight excluding hydrogens is 315 g/mol. The highest BCUT2D eigenvalue weighted by atomic mass is 19.2. The predicted octanol–water partition coefficient (Wildman–Crippen LogP) is 4.31. The third kappa shape index (κ3) is 2.48. The molecule has 3 nitrogen and oxygen atoms in total. The van der Waals surface area contributed by atoms with Gasteiger partial charge in [0.2, 0.25) is 5.95 Å². The Bertz CT molecular complexity index is 921. The van der Waals surface area contributed by atoms with E-state index >= 15 is 0 Å². The van der Waals surface area contributed by atoms with Crippen molar-refractivity contribution in [2.45, 2.75) is 12.8 Å². The van der Waals surface area contributed by atoms with E-state index in [1.165, 1.54) is 30.3 Å². The van der Waals surface area contributed by atoms with E-state index in [0.29, 0.717) is 16.9 Å². The first-order valence-electron chi connectivity index (χ1n) is 7.80. The highest BCUT2D eigenvalue weighted by Gasteiger charge is 2.20. The van der Waals surface area contributed by atoms with Crippen molar-refractivity contribution in [3.63, 3.8) is 0 Å². The summed E-state index contributed by atoms with van der Waals surface area (Å²) in [5, 5.41) is 0.490. The molecule has 24 heavy (non-hydrogen) atoms. The van der Waals surface area contributed by atoms with Crippen LogP contribution in [0.5, 0.6) is 0 Å². The van der Waals surface area contributed by atoms with Gasteiger partial charge in [0, 0.05) is 30.1 Å². The Balaban J connectivity index is 2.00. The number of nitrogens with zero attached hydrogens (tertiary/aromatic N) is 3. The maximum atomic E-state index is 14.3. The summed E-state index contributed by atoms with van der Waals surface area (Å²) in [6.45, 7) is 1.60. The van der Waals surface area contributed by atoms with Gasteiger partial charge in [0.15, 0.2) is 11.6 Å². The maximum Gasteiger partial charge on any atom is 0.226 e. The van der Waals surface area contributed by atoms with Crippen molar-refractivity contribution in [1.29, 1.82) is 0 Å². The van der Waals surface area contributed by atoms with Gasteiger partial charge in [-0.15, -0.1) is 0 Å². The SMILES string of the molecule is Fc1ccc2c(-c3cccc(F)c3F)nc(N3CCCC3)nc2c1. The molecule has 122 valence electrons. The van der Waals surface area contributed by atoms with E-state index in [1.54, 1.807) is 0 Å². The van der Waals surface area contributed by atoms with Gasteiger partial charge < -0.3 is 4.90 Å². The average Bonchev–Trinajstić information content (AvgIpc) is 3.11. The van der Waals surface area contributed by atoms with E-state index in [1.807, 2.05) is 4.90 Å². The van der Waals surface area contributed by atoms with Crippen molar-refractivity contribution in [2.75, 3.05) is 18.0 Å². The molecule has 0 aliphatic carbocycles. The Morgan fingerprint density at radius 1 is 0.917 bits per heavy atom. The van der Waals surface area contributed by atoms with Crippen LogP contribution in [0.25, 0.3) is 22.2 Å². The molecule has 2 aromatic carbocycles. The van der Waals surface area contributed by atoms with Crippen LogP contribution in [0, 0.1) is 17.5 Å². The van der Waals surface area contributed by atoms with Gasteiger partial charge in [-0.25, -0.2) is 23.1 Å². The molecule has 1 fully saturated rings. The van der Waals surface area contributed by atoms with Crippen LogP contribution in [-0.2, 0) is 0 Å². The molecule has 2 heterocycles. The first-order valence-corrected chi connectivity index (χ1v) is 7.80. The summed E-state index contributed by atoms with van der Waals surface area (Å²) in [4.78, 5) is 10.9. The highest BCUT2D eigenvalue weighted by molar-refractivity contribution is 5.93. The molecule has 0 N–H and O–H groups in total. The first kappa shape index (κ1) is 14.9. The van der Waals surface area contributed by atoms with Gasteiger partial charge >= 0.3 is 0 Å². The molecule has 3 aromatic rings. The van der Waals surface area contributed by atoms with E-state index in [2.05, 4.69) is 9.97 Å². The van der Waals surface area contributed by atoms with Gasteiger partial charge in [0.05, 0.1) is 11.2 Å². The van der Waals surface area contributed by atoms with Crippen LogP contribution >= 0.6 is 0 Å². The third-order valence-electron chi connectivity index (χ3n) is 4.24. The lowest BCUT2D eigenvalue weighted by atomic mass is 10.1. The summed E-state index contributed by atoms with van der Waals surface area (Å²) in [6.07, 6.45) is 2.04. The molecule has 1 saturated heterocycles. The molecule has 1 aromatic heterocycles. The Labute approximate surface area is 136 Å². The molecule has 6 heteroatoms. The highest BCUT2D eigenvalue weighted by Crippen LogP contribution is 2.32. The van der Waals surface area contributed by atoms with Crippen molar-refractivity contribution >= 4 is 16.9 Å². The Morgan fingerprint density at radius 3 is 2.50 bits per heavy atom. The molecule has 0 amide bonds. The molecule has 1 aliphatic heterocycles. The monoisotopic (exact) mass is 329 g/mol. The van der Waals surface area contributed by atoms with Crippen molar-refractivity contribution in [3.05, 3.63) is 53.8 Å². The average molecular weight is 329 g/mol. The van der Waals surface area contributed by atoms with Crippen molar-refractivity contribution in [1.82, 2.24) is 9.97 Å². The molecule has 0 bridgehead atoms. The number of halogens is 3. The van der Waals surface area contributed by atoms with Crippen LogP contribution in [0.3, 0.4) is 0 Å². The van der Waals surface area contributed by atoms with Crippen LogP contribution in [0.2, 0.25) is 0 Å². The lowest BCUT2D eigenvalue weighted by molar-refractivity contribution is 0.511. The molecule has 0 unspecified atom stereocenters. The minimum Gasteiger partial charge on any atom is -0.341 e. The summed E-state index contributed by atoms with van der Waals surface area (Å²) in [7, 11) is 0. The minimum absolute atomic E-state index is 0.0504. The van der Waals surface area contributed by atoms with Crippen molar-refractivity contribution in [3.8, 4) is 11.3 Å². The van der Waals surface area contributed by atoms with E-state index in [-0.39, 0.29) is 11.3 Å². The minimum atomic E-state index is -0.964. The van der Waals surface area contributed by atoms with Crippen LogP contribution in [0.15, 0.2) is 36.4 Å². The second kappa shape index (κ2) is 5.78. The van der Waals surface area contributed by atoms with Crippen molar-refractivity contribution in [2.24, 2.45) is 0 Å². The summed E-state index contributed by atoms with van der Waals surface area (Å²) >= 11 is 0. The second-order valence-corrected chi connectivity index (χ2v) is 5.83. The van der Waals surface area contributed by atoms with Crippen LogP contribution < -0.4 is 4.90 Å². The summed E-state index contributed by atoms with van der Waals surface area (Å²) in [5.74, 6) is -1.92. The normalized spacial score (nSPS) is 14.5. The standard InChI is InChI=1S/C18H14F3N3/c19-11-6-7-12-15(10-11)22-18(24-8-1-2-9-24)23-17(12)13-4-3-5-14(20)16(13)21/h3-7,10H,1-2,8-9H2. The van der Waals surface area contributed by atoms with E-state index in [0.717, 1.165) is 32.0 Å². The molecule has 1 aliphatic rings. The fourth-order valence-corrected chi connectivity index (χ4v) is 3.04. The number of rotatable bonds is 2. The lowest BCUT2D eigenvalue weighted by Crippen LogP contribution is -2.20. The van der Waals surface area contributed by atoms with E-state index < -0.39 is 17.5 Å². The maximum absolute atomic E-state index is 14.3. The first-order chi connectivity index (χ1) is 11.6. The number of fused-ring (bicyclic) bond motifs is 1. The Hall–Kier alpha value is -2.63. The van der Waals surface area contributed by atoms with Crippen molar-refractivity contribution < 1.29 is 13.2 Å². The Morgan fingerprint density at radius 2 is 1.71 bits per heavy atom. The van der Waals surface area contributed by atoms with Crippen LogP contribution in [-0.4, -0.2) is 23.1 Å². The molecular formula is C18H14F3N3. The summed E-state index contributed by atoms with van der Waals surface area (Å²) in [5.41, 5.74) is 0.707. The fourth-order valence-electron chi connectivity index (χ4n) is 3.04. The van der Waals surface area contributed by atoms with Crippen LogP contribution in [0.1, 0.15) is 12.8 Å². The zero-order valence-electron chi connectivity index (χ0n) is 12.8. The number of anilines is 1. The van der Waals surface area contributed by atoms with Crippen LogP contribution in [0.4, 0.5) is 19.1 Å². The zero-order valence-corrected chi connectivity index (χ0v) is 12.8. The number of hydrogen-bond donors (Lipinski definition) is 0. The van der Waals surface area contributed by atoms with Gasteiger partial charge in [-0.2, -0.15) is 0 Å². The quantitative estimate of drug-likeness (QED) is 0.701. The number of benzene rings is 2. The van der Waals surface area contributed by atoms with Gasteiger partial charge in [0.25, 0.3) is 0 Å². The third-order valence-corrected chi connectivity index (χ3v) is 4.24. The topological polar surface area (TPSA) is 29.0 Å². The molecule has 0 radical (unpaired) electrons. The second-order valence-electron chi connectivity index (χ2n) is 5.83. The predicted molar refractivity (Wildman–Crippen MR) is 86.3 cm³/mol. The molecule has 4 rings (SSSR count). The van der Waals surface area contributed by atoms with Gasteiger partial charge in [-0.05, 0) is 37.1 Å². The molecule has 0 atom stereocenters. The summed E-state index contributed by atoms with van der Waals surface area (Å²) < 4.78 is 41.5. The molecule has 0 spiro atoms. The van der Waals surface area contributed by atoms with Gasteiger partial charge in [-0.1, -0.05) is 6.07 Å². The smallest absolute Gasteiger partial charge is 0.226 e. The largest absolute Gasteiger partial charge is 0.341 e. The number of aromatic nitrogens is 2. The molecule has 0 saturated carbocycles. The van der Waals surface area contributed by atoms with Gasteiger partial charge in [0.1, 0.15) is 5.82 Å². The number of hydrogen-bond acceptors (Lipinski definition) is 3. The zero-order chi connectivity index (χ0) is 16.7. The fraction of sp³-hybridized carbons (Fsp3) is 0.222. The Kier molecular flexibility index (Phi) is 3.59. The lowest BCUT2D eigenvalue weighted by Gasteiger charge is -2.17. The van der Waals surface area contributed by atoms with Gasteiger partial charge in [-0.3, -0.25) is 0 Å². The summed E-state index contributed by atoms with van der Waals surface area (Å²) in [6, 6.07) is 8.01. The van der Waals surface area contributed by atoms with E-state index in [9.17, 15) is 13.2 Å².